The molecule has 0 radical (unpaired) electrons. The fraction of sp³-hybridized carbons (Fsp3) is 0.409. The van der Waals surface area contributed by atoms with Crippen molar-refractivity contribution in [3.63, 3.8) is 0 Å². The van der Waals surface area contributed by atoms with Gasteiger partial charge in [-0.1, -0.05) is 18.7 Å². The summed E-state index contributed by atoms with van der Waals surface area (Å²) in [6.07, 6.45) is 6.21. The van der Waals surface area contributed by atoms with Gasteiger partial charge >= 0.3 is 5.97 Å². The molecule has 1 N–H and O–H groups in total. The number of nitrogens with one attached hydrogen (secondary N) is 1. The predicted molar refractivity (Wildman–Crippen MR) is 125 cm³/mol. The minimum atomic E-state index is -0.396. The van der Waals surface area contributed by atoms with E-state index in [-0.39, 0.29) is 11.7 Å². The lowest BCUT2D eigenvalue weighted by atomic mass is 9.88. The van der Waals surface area contributed by atoms with Crippen molar-refractivity contribution in [2.24, 2.45) is 5.92 Å². The summed E-state index contributed by atoms with van der Waals surface area (Å²) >= 11 is 2.81. The van der Waals surface area contributed by atoms with Gasteiger partial charge in [-0.2, -0.15) is 0 Å². The van der Waals surface area contributed by atoms with Crippen LogP contribution in [-0.4, -0.2) is 44.5 Å². The molecule has 0 aromatic carbocycles. The Morgan fingerprint density at radius 1 is 1.31 bits per heavy atom. The third-order valence-corrected chi connectivity index (χ3v) is 7.59. The summed E-state index contributed by atoms with van der Waals surface area (Å²) in [6, 6.07) is 3.76. The normalized spacial score (nSPS) is 15.3. The molecule has 0 spiro atoms. The molecule has 10 heteroatoms. The number of esters is 1. The van der Waals surface area contributed by atoms with Gasteiger partial charge in [0.25, 0.3) is 0 Å². The van der Waals surface area contributed by atoms with E-state index in [0.29, 0.717) is 28.2 Å². The quantitative estimate of drug-likeness (QED) is 0.410. The number of anilines is 1. The van der Waals surface area contributed by atoms with Crippen LogP contribution in [0.2, 0.25) is 0 Å². The molecule has 32 heavy (non-hydrogen) atoms. The van der Waals surface area contributed by atoms with Crippen LogP contribution >= 0.6 is 23.1 Å². The minimum absolute atomic E-state index is 0.161. The Balaban J connectivity index is 1.48. The second-order valence-electron chi connectivity index (χ2n) is 7.67. The first kappa shape index (κ1) is 22.5. The number of carbonyl (C=O) groups is 2. The average Bonchev–Trinajstić information content (AvgIpc) is 3.37. The maximum Gasteiger partial charge on any atom is 0.341 e. The molecule has 3 aromatic heterocycles. The standard InChI is InChI=1S/C22H25N5O3S2/c1-4-27-19(14-7-9-23-10-8-14)25-26-22(27)31-12-17(28)24-20-18(21(29)30-3)15-6-5-13(2)11-16(15)32-20/h7-10,13H,4-6,11-12H2,1-3H3,(H,24,28). The van der Waals surface area contributed by atoms with Crippen molar-refractivity contribution in [3.8, 4) is 11.4 Å². The molecule has 1 atom stereocenters. The van der Waals surface area contributed by atoms with Crippen LogP contribution in [0.3, 0.4) is 0 Å². The number of ether oxygens (including phenoxy) is 1. The zero-order chi connectivity index (χ0) is 22.7. The fourth-order valence-corrected chi connectivity index (χ4v) is 6.06. The molecular weight excluding hydrogens is 446 g/mol. The summed E-state index contributed by atoms with van der Waals surface area (Å²) in [5.74, 6) is 0.885. The van der Waals surface area contributed by atoms with Crippen molar-refractivity contribution in [1.29, 1.82) is 0 Å². The minimum Gasteiger partial charge on any atom is -0.465 e. The number of hydrogen-bond acceptors (Lipinski definition) is 8. The van der Waals surface area contributed by atoms with Crippen molar-refractivity contribution in [1.82, 2.24) is 19.7 Å². The van der Waals surface area contributed by atoms with Gasteiger partial charge in [0, 0.05) is 29.4 Å². The lowest BCUT2D eigenvalue weighted by molar-refractivity contribution is -0.113. The maximum absolute atomic E-state index is 12.8. The highest BCUT2D eigenvalue weighted by Crippen LogP contribution is 2.40. The first-order chi connectivity index (χ1) is 15.5. The first-order valence-electron chi connectivity index (χ1n) is 10.5. The van der Waals surface area contributed by atoms with E-state index in [9.17, 15) is 9.59 Å². The Bertz CT molecular complexity index is 1130. The highest BCUT2D eigenvalue weighted by Gasteiger charge is 2.29. The largest absolute Gasteiger partial charge is 0.465 e. The topological polar surface area (TPSA) is 99.0 Å². The van der Waals surface area contributed by atoms with E-state index in [4.69, 9.17) is 4.74 Å². The Kier molecular flexibility index (Phi) is 6.90. The number of carbonyl (C=O) groups excluding carboxylic acids is 2. The molecule has 3 heterocycles. The third kappa shape index (κ3) is 4.56. The molecule has 0 aliphatic heterocycles. The van der Waals surface area contributed by atoms with E-state index in [2.05, 4.69) is 27.4 Å². The molecule has 4 rings (SSSR count). The molecule has 1 unspecified atom stereocenters. The molecule has 3 aromatic rings. The Morgan fingerprint density at radius 3 is 2.81 bits per heavy atom. The Labute approximate surface area is 194 Å². The molecule has 0 bridgehead atoms. The van der Waals surface area contributed by atoms with Crippen molar-refractivity contribution in [2.45, 2.75) is 44.8 Å². The van der Waals surface area contributed by atoms with Crippen molar-refractivity contribution in [2.75, 3.05) is 18.2 Å². The zero-order valence-corrected chi connectivity index (χ0v) is 19.9. The van der Waals surface area contributed by atoms with E-state index in [1.165, 1.54) is 35.1 Å². The molecule has 8 nitrogen and oxygen atoms in total. The molecule has 0 saturated carbocycles. The highest BCUT2D eigenvalue weighted by molar-refractivity contribution is 7.99. The van der Waals surface area contributed by atoms with Gasteiger partial charge in [-0.05, 0) is 49.8 Å². The summed E-state index contributed by atoms with van der Waals surface area (Å²) in [4.78, 5) is 30.4. The lowest BCUT2D eigenvalue weighted by Crippen LogP contribution is -2.17. The van der Waals surface area contributed by atoms with Crippen LogP contribution in [-0.2, 0) is 28.9 Å². The van der Waals surface area contributed by atoms with Gasteiger partial charge in [-0.3, -0.25) is 9.78 Å². The van der Waals surface area contributed by atoms with Crippen LogP contribution in [0, 0.1) is 5.92 Å². The Morgan fingerprint density at radius 2 is 2.09 bits per heavy atom. The molecule has 168 valence electrons. The van der Waals surface area contributed by atoms with Gasteiger partial charge in [0.15, 0.2) is 11.0 Å². The monoisotopic (exact) mass is 471 g/mol. The van der Waals surface area contributed by atoms with E-state index < -0.39 is 5.97 Å². The van der Waals surface area contributed by atoms with Gasteiger partial charge in [-0.25, -0.2) is 4.79 Å². The summed E-state index contributed by atoms with van der Waals surface area (Å²) < 4.78 is 6.97. The molecular formula is C22H25N5O3S2. The number of pyridine rings is 1. The van der Waals surface area contributed by atoms with Gasteiger partial charge < -0.3 is 14.6 Å². The van der Waals surface area contributed by atoms with Gasteiger partial charge in [0.1, 0.15) is 5.00 Å². The Hall–Kier alpha value is -2.72. The van der Waals surface area contributed by atoms with Crippen molar-refractivity contribution < 1.29 is 14.3 Å². The average molecular weight is 472 g/mol. The van der Waals surface area contributed by atoms with Crippen LogP contribution in [0.25, 0.3) is 11.4 Å². The highest BCUT2D eigenvalue weighted by atomic mass is 32.2. The van der Waals surface area contributed by atoms with Crippen LogP contribution in [0.15, 0.2) is 29.7 Å². The summed E-state index contributed by atoms with van der Waals surface area (Å²) in [5.41, 5.74) is 2.46. The number of amides is 1. The second-order valence-corrected chi connectivity index (χ2v) is 9.72. The van der Waals surface area contributed by atoms with Gasteiger partial charge in [-0.15, -0.1) is 21.5 Å². The summed E-state index contributed by atoms with van der Waals surface area (Å²) in [7, 11) is 1.37. The zero-order valence-electron chi connectivity index (χ0n) is 18.3. The third-order valence-electron chi connectivity index (χ3n) is 5.46. The predicted octanol–water partition coefficient (Wildman–Crippen LogP) is 4.06. The van der Waals surface area contributed by atoms with E-state index in [1.54, 1.807) is 12.4 Å². The maximum atomic E-state index is 12.8. The summed E-state index contributed by atoms with van der Waals surface area (Å²) in [6.45, 7) is 4.90. The van der Waals surface area contributed by atoms with E-state index in [0.717, 1.165) is 36.2 Å². The molecule has 0 fully saturated rings. The number of methoxy groups -OCH3 is 1. The fourth-order valence-electron chi connectivity index (χ4n) is 3.84. The van der Waals surface area contributed by atoms with Crippen LogP contribution in [0.5, 0.6) is 0 Å². The molecule has 1 aliphatic rings. The number of rotatable bonds is 7. The van der Waals surface area contributed by atoms with Crippen LogP contribution in [0.1, 0.15) is 41.1 Å². The number of thioether (sulfide) groups is 1. The number of nitrogens with zero attached hydrogens (tertiary/aromatic N) is 4. The molecule has 0 saturated heterocycles. The van der Waals surface area contributed by atoms with Gasteiger partial charge in [0.05, 0.1) is 18.4 Å². The number of hydrogen-bond donors (Lipinski definition) is 1. The SMILES string of the molecule is CCn1c(SCC(=O)Nc2sc3c(c2C(=O)OC)CCC(C)C3)nnc1-c1ccncc1. The van der Waals surface area contributed by atoms with Gasteiger partial charge in [0.2, 0.25) is 5.91 Å². The van der Waals surface area contributed by atoms with E-state index in [1.807, 2.05) is 23.6 Å². The number of aromatic nitrogens is 4. The van der Waals surface area contributed by atoms with E-state index >= 15 is 0 Å². The summed E-state index contributed by atoms with van der Waals surface area (Å²) in [5, 5.41) is 12.7. The van der Waals surface area contributed by atoms with Crippen LogP contribution in [0.4, 0.5) is 5.00 Å². The number of fused-ring (bicyclic) bond motifs is 1. The number of thiophene rings is 1. The van der Waals surface area contributed by atoms with Crippen molar-refractivity contribution in [3.05, 3.63) is 40.5 Å². The van der Waals surface area contributed by atoms with Crippen molar-refractivity contribution >= 4 is 40.0 Å². The molecule has 1 amide bonds. The first-order valence-corrected chi connectivity index (χ1v) is 12.3. The molecule has 1 aliphatic carbocycles. The van der Waals surface area contributed by atoms with Crippen LogP contribution < -0.4 is 5.32 Å². The second kappa shape index (κ2) is 9.83. The smallest absolute Gasteiger partial charge is 0.341 e. The lowest BCUT2D eigenvalue weighted by Gasteiger charge is -2.18.